The maximum Gasteiger partial charge on any atom is 0.191 e. The van der Waals surface area contributed by atoms with Crippen LogP contribution in [0.25, 0.3) is 0 Å². The summed E-state index contributed by atoms with van der Waals surface area (Å²) in [6.07, 6.45) is 5.25. The van der Waals surface area contributed by atoms with Crippen molar-refractivity contribution >= 4 is 5.96 Å². The van der Waals surface area contributed by atoms with Crippen LogP contribution in [0, 0.1) is 5.92 Å². The molecule has 3 heteroatoms. The molecule has 1 unspecified atom stereocenters. The maximum atomic E-state index is 5.91. The predicted molar refractivity (Wildman–Crippen MR) is 59.2 cm³/mol. The molecule has 2 N–H and O–H groups in total. The zero-order valence-corrected chi connectivity index (χ0v) is 9.29. The molecule has 3 nitrogen and oxygen atoms in total. The van der Waals surface area contributed by atoms with Gasteiger partial charge < -0.3 is 10.6 Å². The standard InChI is InChI=1S/C11H21N3/c1-3-6-14-10(12)13-8-11(14,2)7-9-4-5-9/h9H,3-8H2,1-2H3,(H2,12,13). The van der Waals surface area contributed by atoms with Crippen molar-refractivity contribution < 1.29 is 0 Å². The van der Waals surface area contributed by atoms with E-state index >= 15 is 0 Å². The molecule has 0 aromatic carbocycles. The Hall–Kier alpha value is -0.730. The Kier molecular flexibility index (Phi) is 2.41. The first-order valence-corrected chi connectivity index (χ1v) is 5.73. The maximum absolute atomic E-state index is 5.91. The van der Waals surface area contributed by atoms with Crippen LogP contribution in [-0.2, 0) is 0 Å². The summed E-state index contributed by atoms with van der Waals surface area (Å²) in [4.78, 5) is 6.70. The first-order valence-electron chi connectivity index (χ1n) is 5.73. The van der Waals surface area contributed by atoms with Gasteiger partial charge in [-0.15, -0.1) is 0 Å². The number of rotatable bonds is 4. The van der Waals surface area contributed by atoms with Crippen molar-refractivity contribution in [3.05, 3.63) is 0 Å². The highest BCUT2D eigenvalue weighted by Crippen LogP contribution is 2.40. The number of aliphatic imine (C=N–C) groups is 1. The quantitative estimate of drug-likeness (QED) is 0.740. The summed E-state index contributed by atoms with van der Waals surface area (Å²) < 4.78 is 0. The van der Waals surface area contributed by atoms with Crippen molar-refractivity contribution in [2.45, 2.75) is 45.1 Å². The number of nitrogens with two attached hydrogens (primary N) is 1. The Morgan fingerprint density at radius 2 is 2.29 bits per heavy atom. The summed E-state index contributed by atoms with van der Waals surface area (Å²) in [5.74, 6) is 1.70. The third-order valence-corrected chi connectivity index (χ3v) is 3.38. The van der Waals surface area contributed by atoms with Crippen molar-refractivity contribution in [1.29, 1.82) is 0 Å². The van der Waals surface area contributed by atoms with Gasteiger partial charge in [0.1, 0.15) is 0 Å². The van der Waals surface area contributed by atoms with Crippen molar-refractivity contribution in [3.63, 3.8) is 0 Å². The van der Waals surface area contributed by atoms with E-state index in [0.717, 1.165) is 31.4 Å². The van der Waals surface area contributed by atoms with Gasteiger partial charge in [0.2, 0.25) is 0 Å². The van der Waals surface area contributed by atoms with Gasteiger partial charge in [-0.3, -0.25) is 4.99 Å². The van der Waals surface area contributed by atoms with Crippen LogP contribution in [0.15, 0.2) is 4.99 Å². The summed E-state index contributed by atoms with van der Waals surface area (Å²) in [7, 11) is 0. The van der Waals surface area contributed by atoms with Gasteiger partial charge in [-0.25, -0.2) is 0 Å². The Morgan fingerprint density at radius 3 is 2.86 bits per heavy atom. The molecule has 0 aromatic heterocycles. The highest BCUT2D eigenvalue weighted by Gasteiger charge is 2.41. The second-order valence-electron chi connectivity index (χ2n) is 4.97. The van der Waals surface area contributed by atoms with Gasteiger partial charge in [0, 0.05) is 6.54 Å². The molecular formula is C11H21N3. The van der Waals surface area contributed by atoms with E-state index in [1.165, 1.54) is 19.3 Å². The molecule has 0 amide bonds. The molecule has 1 fully saturated rings. The molecule has 14 heavy (non-hydrogen) atoms. The minimum atomic E-state index is 0.223. The van der Waals surface area contributed by atoms with Crippen LogP contribution in [0.2, 0.25) is 0 Å². The number of guanidine groups is 1. The van der Waals surface area contributed by atoms with E-state index in [1.807, 2.05) is 0 Å². The predicted octanol–water partition coefficient (Wildman–Crippen LogP) is 1.59. The van der Waals surface area contributed by atoms with E-state index in [-0.39, 0.29) is 5.54 Å². The first kappa shape index (κ1) is 9.81. The molecule has 1 aliphatic carbocycles. The fourth-order valence-electron chi connectivity index (χ4n) is 2.43. The van der Waals surface area contributed by atoms with E-state index in [0.29, 0.717) is 0 Å². The summed E-state index contributed by atoms with van der Waals surface area (Å²) in [6, 6.07) is 0. The smallest absolute Gasteiger partial charge is 0.191 e. The molecule has 2 aliphatic rings. The molecule has 1 atom stereocenters. The first-order chi connectivity index (χ1) is 6.65. The topological polar surface area (TPSA) is 41.6 Å². The highest BCUT2D eigenvalue weighted by molar-refractivity contribution is 5.80. The van der Waals surface area contributed by atoms with Crippen molar-refractivity contribution in [1.82, 2.24) is 4.90 Å². The van der Waals surface area contributed by atoms with Crippen molar-refractivity contribution in [3.8, 4) is 0 Å². The molecule has 2 rings (SSSR count). The van der Waals surface area contributed by atoms with E-state index in [2.05, 4.69) is 23.7 Å². The SMILES string of the molecule is CCCN1C(N)=NCC1(C)CC1CC1. The Labute approximate surface area is 86.4 Å². The summed E-state index contributed by atoms with van der Waals surface area (Å²) >= 11 is 0. The van der Waals surface area contributed by atoms with Gasteiger partial charge in [-0.2, -0.15) is 0 Å². The summed E-state index contributed by atoms with van der Waals surface area (Å²) in [6.45, 7) is 6.46. The lowest BCUT2D eigenvalue weighted by molar-refractivity contribution is 0.198. The minimum Gasteiger partial charge on any atom is -0.370 e. The molecular weight excluding hydrogens is 174 g/mol. The minimum absolute atomic E-state index is 0.223. The van der Waals surface area contributed by atoms with E-state index in [9.17, 15) is 0 Å². The fraction of sp³-hybridized carbons (Fsp3) is 0.909. The molecule has 0 radical (unpaired) electrons. The van der Waals surface area contributed by atoms with Crippen LogP contribution in [0.4, 0.5) is 0 Å². The molecule has 1 aliphatic heterocycles. The normalized spacial score (nSPS) is 32.1. The van der Waals surface area contributed by atoms with Gasteiger partial charge in [0.15, 0.2) is 5.96 Å². The lowest BCUT2D eigenvalue weighted by atomic mass is 9.93. The van der Waals surface area contributed by atoms with Crippen molar-refractivity contribution in [2.24, 2.45) is 16.6 Å². The third-order valence-electron chi connectivity index (χ3n) is 3.38. The Morgan fingerprint density at radius 1 is 1.57 bits per heavy atom. The lowest BCUT2D eigenvalue weighted by Crippen LogP contribution is -2.50. The average Bonchev–Trinajstić information content (AvgIpc) is 2.89. The molecule has 0 bridgehead atoms. The van der Waals surface area contributed by atoms with E-state index < -0.39 is 0 Å². The molecule has 80 valence electrons. The van der Waals surface area contributed by atoms with Crippen LogP contribution in [0.5, 0.6) is 0 Å². The molecule has 0 spiro atoms. The molecule has 1 saturated carbocycles. The zero-order valence-electron chi connectivity index (χ0n) is 9.29. The van der Waals surface area contributed by atoms with E-state index in [4.69, 9.17) is 5.73 Å². The van der Waals surface area contributed by atoms with Gasteiger partial charge in [0.05, 0.1) is 12.1 Å². The van der Waals surface area contributed by atoms with Crippen LogP contribution in [-0.4, -0.2) is 29.5 Å². The summed E-state index contributed by atoms with van der Waals surface area (Å²) in [5, 5.41) is 0. The van der Waals surface area contributed by atoms with Crippen LogP contribution in [0.1, 0.15) is 39.5 Å². The lowest BCUT2D eigenvalue weighted by Gasteiger charge is -2.36. The largest absolute Gasteiger partial charge is 0.370 e. The number of nitrogens with zero attached hydrogens (tertiary/aromatic N) is 2. The third kappa shape index (κ3) is 1.72. The van der Waals surface area contributed by atoms with Crippen LogP contribution < -0.4 is 5.73 Å². The monoisotopic (exact) mass is 195 g/mol. The highest BCUT2D eigenvalue weighted by atomic mass is 15.3. The second kappa shape index (κ2) is 3.44. The van der Waals surface area contributed by atoms with Gasteiger partial charge in [-0.1, -0.05) is 19.8 Å². The molecule has 1 heterocycles. The van der Waals surface area contributed by atoms with Gasteiger partial charge >= 0.3 is 0 Å². The number of hydrogen-bond acceptors (Lipinski definition) is 3. The second-order valence-corrected chi connectivity index (χ2v) is 4.97. The Balaban J connectivity index is 2.02. The molecule has 0 aromatic rings. The zero-order chi connectivity index (χ0) is 10.2. The number of hydrogen-bond donors (Lipinski definition) is 1. The van der Waals surface area contributed by atoms with Crippen LogP contribution >= 0.6 is 0 Å². The fourth-order valence-corrected chi connectivity index (χ4v) is 2.43. The molecule has 0 saturated heterocycles. The summed E-state index contributed by atoms with van der Waals surface area (Å²) in [5.41, 5.74) is 6.14. The van der Waals surface area contributed by atoms with Crippen molar-refractivity contribution in [2.75, 3.05) is 13.1 Å². The Bertz CT molecular complexity index is 245. The van der Waals surface area contributed by atoms with E-state index in [1.54, 1.807) is 0 Å². The average molecular weight is 195 g/mol. The van der Waals surface area contributed by atoms with Gasteiger partial charge in [-0.05, 0) is 25.7 Å². The van der Waals surface area contributed by atoms with Crippen LogP contribution in [0.3, 0.4) is 0 Å². The van der Waals surface area contributed by atoms with Gasteiger partial charge in [0.25, 0.3) is 0 Å².